The Morgan fingerprint density at radius 3 is 2.42 bits per heavy atom. The molecule has 2 saturated heterocycles. The summed E-state index contributed by atoms with van der Waals surface area (Å²) in [5.74, 6) is 0.951. The third kappa shape index (κ3) is 4.83. The van der Waals surface area contributed by atoms with Crippen LogP contribution in [0.1, 0.15) is 36.8 Å². The van der Waals surface area contributed by atoms with E-state index in [0.29, 0.717) is 24.4 Å². The van der Waals surface area contributed by atoms with Gasteiger partial charge in [-0.05, 0) is 61.9 Å². The van der Waals surface area contributed by atoms with Gasteiger partial charge in [0.05, 0.1) is 12.0 Å². The molecule has 0 saturated carbocycles. The van der Waals surface area contributed by atoms with E-state index >= 15 is 0 Å². The molecule has 7 nitrogen and oxygen atoms in total. The number of nitrogens with zero attached hydrogens (tertiary/aromatic N) is 4. The van der Waals surface area contributed by atoms with Crippen molar-refractivity contribution in [3.05, 3.63) is 47.7 Å². The van der Waals surface area contributed by atoms with E-state index in [1.165, 1.54) is 37.1 Å². The lowest BCUT2D eigenvalue weighted by Gasteiger charge is -2.21. The molecule has 0 unspecified atom stereocenters. The zero-order chi connectivity index (χ0) is 21.0. The first-order valence-corrected chi connectivity index (χ1v) is 11.4. The van der Waals surface area contributed by atoms with Crippen LogP contribution in [-0.4, -0.2) is 52.3 Å². The van der Waals surface area contributed by atoms with Gasteiger partial charge >= 0.3 is 6.01 Å². The third-order valence-electron chi connectivity index (χ3n) is 6.40. The molecule has 0 atom stereocenters. The predicted molar refractivity (Wildman–Crippen MR) is 121 cm³/mol. The molecule has 5 rings (SSSR count). The molecule has 164 valence electrons. The summed E-state index contributed by atoms with van der Waals surface area (Å²) < 4.78 is 13.4. The van der Waals surface area contributed by atoms with Crippen LogP contribution in [0, 0.1) is 5.92 Å². The number of ether oxygens (including phenoxy) is 2. The predicted octanol–water partition coefficient (Wildman–Crippen LogP) is 3.46. The van der Waals surface area contributed by atoms with Gasteiger partial charge in [0.1, 0.15) is 11.5 Å². The van der Waals surface area contributed by atoms with Crippen LogP contribution in [0.5, 0.6) is 6.01 Å². The molecule has 7 heteroatoms. The van der Waals surface area contributed by atoms with Crippen molar-refractivity contribution in [1.82, 2.24) is 19.4 Å². The van der Waals surface area contributed by atoms with Gasteiger partial charge in [0.2, 0.25) is 0 Å². The number of hydrogen-bond acceptors (Lipinski definition) is 6. The van der Waals surface area contributed by atoms with Gasteiger partial charge < -0.3 is 19.8 Å². The number of rotatable bonds is 7. The molecule has 0 radical (unpaired) electrons. The van der Waals surface area contributed by atoms with Crippen LogP contribution in [-0.2, 0) is 17.8 Å². The average molecular weight is 422 g/mol. The molecule has 31 heavy (non-hydrogen) atoms. The first-order chi connectivity index (χ1) is 15.2. The fourth-order valence-corrected chi connectivity index (χ4v) is 4.51. The van der Waals surface area contributed by atoms with Gasteiger partial charge in [0.15, 0.2) is 0 Å². The molecule has 0 amide bonds. The number of nitrogen functional groups attached to an aromatic ring is 1. The van der Waals surface area contributed by atoms with Gasteiger partial charge in [0, 0.05) is 32.5 Å². The van der Waals surface area contributed by atoms with Crippen LogP contribution < -0.4 is 10.5 Å². The SMILES string of the molecule is Nc1nc(OCC2CCOCC2)nc2c1ccn2Cc1ccc(CN2CCCC2)cc1. The van der Waals surface area contributed by atoms with Crippen LogP contribution in [0.4, 0.5) is 5.82 Å². The van der Waals surface area contributed by atoms with E-state index in [0.717, 1.165) is 50.2 Å². The Bertz CT molecular complexity index is 1000. The highest BCUT2D eigenvalue weighted by molar-refractivity contribution is 5.86. The van der Waals surface area contributed by atoms with Crippen molar-refractivity contribution in [3.8, 4) is 6.01 Å². The number of anilines is 1. The van der Waals surface area contributed by atoms with Crippen LogP contribution in [0.3, 0.4) is 0 Å². The van der Waals surface area contributed by atoms with E-state index in [4.69, 9.17) is 15.2 Å². The molecular weight excluding hydrogens is 390 g/mol. The number of aromatic nitrogens is 3. The Morgan fingerprint density at radius 2 is 1.68 bits per heavy atom. The zero-order valence-electron chi connectivity index (χ0n) is 18.0. The Kier molecular flexibility index (Phi) is 6.04. The second kappa shape index (κ2) is 9.24. The van der Waals surface area contributed by atoms with Crippen molar-refractivity contribution in [2.24, 2.45) is 5.92 Å². The number of benzene rings is 1. The lowest BCUT2D eigenvalue weighted by Crippen LogP contribution is -2.22. The maximum Gasteiger partial charge on any atom is 0.320 e. The lowest BCUT2D eigenvalue weighted by atomic mass is 10.0. The standard InChI is InChI=1S/C24H31N5O2/c25-22-21-7-12-29(16-19-5-3-18(4-6-19)15-28-10-1-2-11-28)23(21)27-24(26-22)31-17-20-8-13-30-14-9-20/h3-7,12,20H,1-2,8-11,13-17H2,(H2,25,26,27). The monoisotopic (exact) mass is 421 g/mol. The summed E-state index contributed by atoms with van der Waals surface area (Å²) in [6, 6.07) is 11.2. The molecule has 2 fully saturated rings. The lowest BCUT2D eigenvalue weighted by molar-refractivity contribution is 0.0483. The largest absolute Gasteiger partial charge is 0.463 e. The second-order valence-corrected chi connectivity index (χ2v) is 8.74. The first-order valence-electron chi connectivity index (χ1n) is 11.4. The minimum atomic E-state index is 0.359. The van der Waals surface area contributed by atoms with Crippen LogP contribution in [0.25, 0.3) is 11.0 Å². The fraction of sp³-hybridized carbons (Fsp3) is 0.500. The molecule has 1 aromatic carbocycles. The van der Waals surface area contributed by atoms with Gasteiger partial charge in [-0.3, -0.25) is 4.90 Å². The van der Waals surface area contributed by atoms with Gasteiger partial charge in [-0.1, -0.05) is 24.3 Å². The summed E-state index contributed by atoms with van der Waals surface area (Å²) in [5, 5.41) is 0.865. The first kappa shape index (κ1) is 20.3. The van der Waals surface area contributed by atoms with E-state index in [2.05, 4.69) is 43.7 Å². The summed E-state index contributed by atoms with van der Waals surface area (Å²) >= 11 is 0. The Labute approximate surface area is 183 Å². The quantitative estimate of drug-likeness (QED) is 0.629. The van der Waals surface area contributed by atoms with E-state index in [-0.39, 0.29) is 0 Å². The molecule has 2 aliphatic rings. The molecule has 2 N–H and O–H groups in total. The number of likely N-dealkylation sites (tertiary alicyclic amines) is 1. The summed E-state index contributed by atoms with van der Waals surface area (Å²) in [6.07, 6.45) is 6.70. The van der Waals surface area contributed by atoms with Crippen LogP contribution >= 0.6 is 0 Å². The summed E-state index contributed by atoms with van der Waals surface area (Å²) in [5.41, 5.74) is 9.63. The fourth-order valence-electron chi connectivity index (χ4n) is 4.51. The Morgan fingerprint density at radius 1 is 0.968 bits per heavy atom. The highest BCUT2D eigenvalue weighted by Crippen LogP contribution is 2.24. The van der Waals surface area contributed by atoms with Crippen molar-refractivity contribution in [3.63, 3.8) is 0 Å². The molecule has 2 aliphatic heterocycles. The Hall–Kier alpha value is -2.64. The van der Waals surface area contributed by atoms with Crippen molar-refractivity contribution >= 4 is 16.9 Å². The van der Waals surface area contributed by atoms with Gasteiger partial charge in [-0.15, -0.1) is 0 Å². The third-order valence-corrected chi connectivity index (χ3v) is 6.40. The van der Waals surface area contributed by atoms with Gasteiger partial charge in [0.25, 0.3) is 0 Å². The average Bonchev–Trinajstić information content (AvgIpc) is 3.45. The minimum Gasteiger partial charge on any atom is -0.463 e. The molecule has 0 spiro atoms. The second-order valence-electron chi connectivity index (χ2n) is 8.74. The molecular formula is C24H31N5O2. The van der Waals surface area contributed by atoms with E-state index in [1.807, 2.05) is 12.3 Å². The summed E-state index contributed by atoms with van der Waals surface area (Å²) in [6.45, 7) is 6.43. The van der Waals surface area contributed by atoms with E-state index in [9.17, 15) is 0 Å². The number of hydrogen-bond donors (Lipinski definition) is 1. The minimum absolute atomic E-state index is 0.359. The smallest absolute Gasteiger partial charge is 0.320 e. The maximum atomic E-state index is 6.20. The zero-order valence-corrected chi connectivity index (χ0v) is 18.0. The Balaban J connectivity index is 1.28. The van der Waals surface area contributed by atoms with Crippen molar-refractivity contribution in [1.29, 1.82) is 0 Å². The van der Waals surface area contributed by atoms with Crippen molar-refractivity contribution < 1.29 is 9.47 Å². The maximum absolute atomic E-state index is 6.20. The molecule has 2 aromatic heterocycles. The van der Waals surface area contributed by atoms with Crippen LogP contribution in [0.2, 0.25) is 0 Å². The van der Waals surface area contributed by atoms with Gasteiger partial charge in [-0.2, -0.15) is 9.97 Å². The van der Waals surface area contributed by atoms with Crippen molar-refractivity contribution in [2.45, 2.75) is 38.8 Å². The van der Waals surface area contributed by atoms with E-state index < -0.39 is 0 Å². The topological polar surface area (TPSA) is 78.4 Å². The van der Waals surface area contributed by atoms with E-state index in [1.54, 1.807) is 0 Å². The van der Waals surface area contributed by atoms with Crippen molar-refractivity contribution in [2.75, 3.05) is 38.6 Å². The summed E-state index contributed by atoms with van der Waals surface area (Å²) in [4.78, 5) is 11.6. The highest BCUT2D eigenvalue weighted by atomic mass is 16.5. The summed E-state index contributed by atoms with van der Waals surface area (Å²) in [7, 11) is 0. The normalized spacial score (nSPS) is 18.1. The molecule has 4 heterocycles. The van der Waals surface area contributed by atoms with Crippen LogP contribution in [0.15, 0.2) is 36.5 Å². The molecule has 0 bridgehead atoms. The molecule has 3 aromatic rings. The molecule has 0 aliphatic carbocycles. The highest BCUT2D eigenvalue weighted by Gasteiger charge is 2.17. The number of nitrogens with two attached hydrogens (primary N) is 1. The number of fused-ring (bicyclic) bond motifs is 1. The van der Waals surface area contributed by atoms with Gasteiger partial charge in [-0.25, -0.2) is 0 Å².